The highest BCUT2D eigenvalue weighted by atomic mass is 16.6. The summed E-state index contributed by atoms with van der Waals surface area (Å²) in [6.45, 7) is 2.24. The quantitative estimate of drug-likeness (QED) is 0.610. The van der Waals surface area contributed by atoms with Crippen LogP contribution < -0.4 is 10.6 Å². The van der Waals surface area contributed by atoms with E-state index in [2.05, 4.69) is 17.6 Å². The highest BCUT2D eigenvalue weighted by molar-refractivity contribution is 5.96. The molecule has 1 aliphatic rings. The van der Waals surface area contributed by atoms with Gasteiger partial charge in [-0.15, -0.1) is 0 Å². The monoisotopic (exact) mass is 320 g/mol. The number of carbonyl (C=O) groups excluding carboxylic acids is 2. The summed E-state index contributed by atoms with van der Waals surface area (Å²) in [5.41, 5.74) is -0.0456. The first kappa shape index (κ1) is 16.9. The molecule has 2 N–H and O–H groups in total. The van der Waals surface area contributed by atoms with Crippen molar-refractivity contribution in [3.8, 4) is 0 Å². The maximum absolute atomic E-state index is 12.1. The molecular weight excluding hydrogens is 300 g/mol. The standard InChI is InChI=1S/C15H20N4O4/c1-2-5-11-8-15(21)18(10-16-11)9-14(20)17-12-6-3-4-7-13(12)19(22)23/h3-4,6-7,11,16H,2,5,8-10H2,1H3,(H,17,20). The lowest BCUT2D eigenvalue weighted by atomic mass is 10.1. The SMILES string of the molecule is CCCC1CC(=O)N(CC(=O)Nc2ccccc2[N+](=O)[O-])CN1. The summed E-state index contributed by atoms with van der Waals surface area (Å²) in [5, 5.41) is 16.6. The molecule has 1 heterocycles. The van der Waals surface area contributed by atoms with Crippen LogP contribution in [0.3, 0.4) is 0 Å². The van der Waals surface area contributed by atoms with Crippen LogP contribution in [0.2, 0.25) is 0 Å². The van der Waals surface area contributed by atoms with Crippen molar-refractivity contribution < 1.29 is 14.5 Å². The van der Waals surface area contributed by atoms with Crippen molar-refractivity contribution in [2.24, 2.45) is 0 Å². The molecule has 1 aromatic rings. The van der Waals surface area contributed by atoms with Crippen LogP contribution in [-0.2, 0) is 9.59 Å². The lowest BCUT2D eigenvalue weighted by Crippen LogP contribution is -2.52. The van der Waals surface area contributed by atoms with Gasteiger partial charge in [-0.25, -0.2) is 0 Å². The Morgan fingerprint density at radius 1 is 1.48 bits per heavy atom. The summed E-state index contributed by atoms with van der Waals surface area (Å²) < 4.78 is 0. The number of nitrogens with one attached hydrogen (secondary N) is 2. The minimum Gasteiger partial charge on any atom is -0.321 e. The number of nitrogens with zero attached hydrogens (tertiary/aromatic N) is 2. The van der Waals surface area contributed by atoms with Crippen molar-refractivity contribution in [2.45, 2.75) is 32.2 Å². The van der Waals surface area contributed by atoms with Crippen molar-refractivity contribution >= 4 is 23.2 Å². The average molecular weight is 320 g/mol. The Bertz CT molecular complexity index is 605. The predicted octanol–water partition coefficient (Wildman–Crippen LogP) is 1.48. The minimum atomic E-state index is -0.557. The zero-order valence-corrected chi connectivity index (χ0v) is 12.9. The first-order valence-electron chi connectivity index (χ1n) is 7.55. The van der Waals surface area contributed by atoms with Crippen molar-refractivity contribution in [3.63, 3.8) is 0 Å². The van der Waals surface area contributed by atoms with E-state index in [-0.39, 0.29) is 29.9 Å². The normalized spacial score (nSPS) is 17.9. The second-order valence-electron chi connectivity index (χ2n) is 5.47. The van der Waals surface area contributed by atoms with Crippen LogP contribution >= 0.6 is 0 Å². The van der Waals surface area contributed by atoms with Crippen LogP contribution in [0.4, 0.5) is 11.4 Å². The number of nitro groups is 1. The van der Waals surface area contributed by atoms with Crippen molar-refractivity contribution in [3.05, 3.63) is 34.4 Å². The highest BCUT2D eigenvalue weighted by Crippen LogP contribution is 2.23. The maximum atomic E-state index is 12.1. The first-order valence-corrected chi connectivity index (χ1v) is 7.55. The number of hydrogen-bond donors (Lipinski definition) is 2. The number of hydrogen-bond acceptors (Lipinski definition) is 5. The lowest BCUT2D eigenvalue weighted by molar-refractivity contribution is -0.383. The van der Waals surface area contributed by atoms with Gasteiger partial charge in [0.2, 0.25) is 11.8 Å². The molecule has 1 aliphatic heterocycles. The van der Waals surface area contributed by atoms with Gasteiger partial charge >= 0.3 is 0 Å². The molecule has 0 aromatic heterocycles. The van der Waals surface area contributed by atoms with Crippen molar-refractivity contribution in [1.82, 2.24) is 10.2 Å². The van der Waals surface area contributed by atoms with Gasteiger partial charge in [0, 0.05) is 18.5 Å². The Morgan fingerprint density at radius 3 is 2.87 bits per heavy atom. The second-order valence-corrected chi connectivity index (χ2v) is 5.47. The third-order valence-corrected chi connectivity index (χ3v) is 3.69. The van der Waals surface area contributed by atoms with Gasteiger partial charge in [-0.05, 0) is 12.5 Å². The van der Waals surface area contributed by atoms with Gasteiger partial charge in [0.1, 0.15) is 12.2 Å². The van der Waals surface area contributed by atoms with Gasteiger partial charge in [-0.3, -0.25) is 25.0 Å². The summed E-state index contributed by atoms with van der Waals surface area (Å²) in [4.78, 5) is 35.9. The van der Waals surface area contributed by atoms with E-state index in [1.165, 1.54) is 23.1 Å². The van der Waals surface area contributed by atoms with Crippen LogP contribution in [0.15, 0.2) is 24.3 Å². The van der Waals surface area contributed by atoms with Crippen molar-refractivity contribution in [2.75, 3.05) is 18.5 Å². The molecule has 0 saturated carbocycles. The number of rotatable bonds is 6. The van der Waals surface area contributed by atoms with E-state index in [0.717, 1.165) is 12.8 Å². The third-order valence-electron chi connectivity index (χ3n) is 3.69. The molecule has 0 bridgehead atoms. The fraction of sp³-hybridized carbons (Fsp3) is 0.467. The fourth-order valence-corrected chi connectivity index (χ4v) is 2.54. The van der Waals surface area contributed by atoms with E-state index >= 15 is 0 Å². The molecule has 1 aromatic carbocycles. The van der Waals surface area contributed by atoms with Crippen LogP contribution in [0.5, 0.6) is 0 Å². The predicted molar refractivity (Wildman–Crippen MR) is 84.8 cm³/mol. The van der Waals surface area contributed by atoms with E-state index in [4.69, 9.17) is 0 Å². The summed E-state index contributed by atoms with van der Waals surface area (Å²) in [6, 6.07) is 6.06. The molecule has 8 nitrogen and oxygen atoms in total. The van der Waals surface area contributed by atoms with Gasteiger partial charge < -0.3 is 10.2 Å². The van der Waals surface area contributed by atoms with Crippen molar-refractivity contribution in [1.29, 1.82) is 0 Å². The molecule has 23 heavy (non-hydrogen) atoms. The highest BCUT2D eigenvalue weighted by Gasteiger charge is 2.26. The molecule has 0 spiro atoms. The Labute approximate surface area is 134 Å². The molecule has 2 rings (SSSR count). The van der Waals surface area contributed by atoms with E-state index in [9.17, 15) is 19.7 Å². The zero-order valence-electron chi connectivity index (χ0n) is 12.9. The summed E-state index contributed by atoms with van der Waals surface area (Å²) in [7, 11) is 0. The molecule has 8 heteroatoms. The molecule has 0 aliphatic carbocycles. The van der Waals surface area contributed by atoms with Gasteiger partial charge in [-0.2, -0.15) is 0 Å². The Balaban J connectivity index is 1.93. The van der Waals surface area contributed by atoms with Crippen LogP contribution in [0.1, 0.15) is 26.2 Å². The number of para-hydroxylation sites is 2. The number of benzene rings is 1. The fourth-order valence-electron chi connectivity index (χ4n) is 2.54. The Morgan fingerprint density at radius 2 is 2.22 bits per heavy atom. The number of carbonyl (C=O) groups is 2. The molecule has 1 fully saturated rings. The molecule has 124 valence electrons. The van der Waals surface area contributed by atoms with Gasteiger partial charge in [0.05, 0.1) is 11.6 Å². The van der Waals surface area contributed by atoms with Crippen LogP contribution in [0.25, 0.3) is 0 Å². The third kappa shape index (κ3) is 4.49. The summed E-state index contributed by atoms with van der Waals surface area (Å²) >= 11 is 0. The average Bonchev–Trinajstić information content (AvgIpc) is 2.50. The summed E-state index contributed by atoms with van der Waals surface area (Å²) in [6.07, 6.45) is 2.28. The molecule has 2 amide bonds. The maximum Gasteiger partial charge on any atom is 0.292 e. The van der Waals surface area contributed by atoms with E-state index in [1.54, 1.807) is 6.07 Å². The smallest absolute Gasteiger partial charge is 0.292 e. The number of amides is 2. The van der Waals surface area contributed by atoms with E-state index < -0.39 is 10.8 Å². The number of nitro benzene ring substituents is 1. The first-order chi connectivity index (χ1) is 11.0. The largest absolute Gasteiger partial charge is 0.321 e. The van der Waals surface area contributed by atoms with Crippen LogP contribution in [-0.4, -0.2) is 40.9 Å². The van der Waals surface area contributed by atoms with Gasteiger partial charge in [0.15, 0.2) is 0 Å². The van der Waals surface area contributed by atoms with Crippen LogP contribution in [0, 0.1) is 10.1 Å². The summed E-state index contributed by atoms with van der Waals surface area (Å²) in [5.74, 6) is -0.539. The van der Waals surface area contributed by atoms with E-state index in [1.807, 2.05) is 0 Å². The Kier molecular flexibility index (Phi) is 5.64. The molecule has 1 unspecified atom stereocenters. The molecular formula is C15H20N4O4. The van der Waals surface area contributed by atoms with Gasteiger partial charge in [-0.1, -0.05) is 25.5 Å². The topological polar surface area (TPSA) is 105 Å². The number of anilines is 1. The Hall–Kier alpha value is -2.48. The molecule has 0 radical (unpaired) electrons. The second kappa shape index (κ2) is 7.68. The molecule has 1 saturated heterocycles. The minimum absolute atomic E-state index is 0.0834. The van der Waals surface area contributed by atoms with E-state index in [0.29, 0.717) is 13.1 Å². The molecule has 1 atom stereocenters. The van der Waals surface area contributed by atoms with Gasteiger partial charge in [0.25, 0.3) is 5.69 Å². The zero-order chi connectivity index (χ0) is 16.8. The lowest BCUT2D eigenvalue weighted by Gasteiger charge is -2.32.